The van der Waals surface area contributed by atoms with Crippen molar-refractivity contribution in [2.45, 2.75) is 63.4 Å². The standard InChI is InChI=1S/C25H23F4NO4/c1-13(31)34-24(2,3)23(33)30-18-11-25(29,12-18)22(32)20(30)9-14-5-4-6-19(21(14)28)15-7-16(26)10-17(27)8-15/h4-8,10,18,20H,9,11-12H2,1-3H3. The molecule has 3 aliphatic rings. The van der Waals surface area contributed by atoms with Crippen LogP contribution in [0.2, 0.25) is 0 Å². The van der Waals surface area contributed by atoms with Gasteiger partial charge in [0.05, 0.1) is 6.04 Å². The van der Waals surface area contributed by atoms with Crippen LogP contribution in [0.4, 0.5) is 17.6 Å². The summed E-state index contributed by atoms with van der Waals surface area (Å²) in [4.78, 5) is 39.0. The normalized spacial score (nSPS) is 24.0. The first-order valence-corrected chi connectivity index (χ1v) is 10.8. The Hall–Kier alpha value is -3.23. The molecule has 5 nitrogen and oxygen atoms in total. The molecule has 0 radical (unpaired) electrons. The van der Waals surface area contributed by atoms with E-state index in [2.05, 4.69) is 0 Å². The molecule has 0 N–H and O–H groups in total. The first kappa shape index (κ1) is 23.9. The van der Waals surface area contributed by atoms with E-state index in [1.807, 2.05) is 0 Å². The van der Waals surface area contributed by atoms with Crippen molar-refractivity contribution in [1.82, 2.24) is 4.90 Å². The van der Waals surface area contributed by atoms with Gasteiger partial charge in [0.1, 0.15) is 17.5 Å². The summed E-state index contributed by atoms with van der Waals surface area (Å²) in [6.45, 7) is 3.88. The lowest BCUT2D eigenvalue weighted by Crippen LogP contribution is -2.73. The number of nitrogens with zero attached hydrogens (tertiary/aromatic N) is 1. The SMILES string of the molecule is CC(=O)OC(C)(C)C(=O)N1C2CC(F)(C2)C(=O)C1Cc1cccc(-c2cc(F)cc(F)c2)c1F. The average Bonchev–Trinajstić information content (AvgIpc) is 2.69. The highest BCUT2D eigenvalue weighted by atomic mass is 19.1. The van der Waals surface area contributed by atoms with E-state index in [1.165, 1.54) is 36.9 Å². The third-order valence-electron chi connectivity index (χ3n) is 6.41. The topological polar surface area (TPSA) is 63.7 Å². The molecule has 180 valence electrons. The molecule has 5 rings (SSSR count). The highest BCUT2D eigenvalue weighted by molar-refractivity contribution is 6.00. The molecular formula is C25H23F4NO4. The van der Waals surface area contributed by atoms with Gasteiger partial charge in [-0.25, -0.2) is 17.6 Å². The molecule has 2 aromatic carbocycles. The van der Waals surface area contributed by atoms with Crippen molar-refractivity contribution in [3.8, 4) is 11.1 Å². The molecule has 2 saturated heterocycles. The summed E-state index contributed by atoms with van der Waals surface area (Å²) < 4.78 is 62.9. The summed E-state index contributed by atoms with van der Waals surface area (Å²) in [5.41, 5.74) is -3.88. The van der Waals surface area contributed by atoms with Crippen LogP contribution >= 0.6 is 0 Å². The maximum Gasteiger partial charge on any atom is 0.303 e. The molecule has 1 saturated carbocycles. The Labute approximate surface area is 193 Å². The van der Waals surface area contributed by atoms with Crippen LogP contribution in [-0.4, -0.2) is 45.9 Å². The molecule has 0 aromatic heterocycles. The molecule has 2 heterocycles. The number of fused-ring (bicyclic) bond motifs is 2. The monoisotopic (exact) mass is 477 g/mol. The number of halogens is 4. The number of hydrogen-bond acceptors (Lipinski definition) is 4. The molecule has 3 fully saturated rings. The van der Waals surface area contributed by atoms with Gasteiger partial charge in [-0.3, -0.25) is 14.4 Å². The van der Waals surface area contributed by atoms with Crippen LogP contribution in [0.25, 0.3) is 11.1 Å². The number of ketones is 1. The van der Waals surface area contributed by atoms with Crippen LogP contribution in [0, 0.1) is 17.5 Å². The zero-order valence-electron chi connectivity index (χ0n) is 18.8. The lowest BCUT2D eigenvalue weighted by atomic mass is 9.65. The Morgan fingerprint density at radius 2 is 1.74 bits per heavy atom. The second-order valence-corrected chi connectivity index (χ2v) is 9.36. The van der Waals surface area contributed by atoms with Gasteiger partial charge in [-0.1, -0.05) is 18.2 Å². The highest BCUT2D eigenvalue weighted by Crippen LogP contribution is 2.48. The Morgan fingerprint density at radius 3 is 2.32 bits per heavy atom. The molecule has 2 aromatic rings. The fraction of sp³-hybridized carbons (Fsp3) is 0.400. The van der Waals surface area contributed by atoms with Gasteiger partial charge < -0.3 is 9.64 Å². The van der Waals surface area contributed by atoms with E-state index in [-0.39, 0.29) is 36.0 Å². The van der Waals surface area contributed by atoms with Crippen LogP contribution in [0.3, 0.4) is 0 Å². The fourth-order valence-electron chi connectivity index (χ4n) is 4.85. The minimum absolute atomic E-state index is 0.0199. The molecule has 0 spiro atoms. The van der Waals surface area contributed by atoms with Gasteiger partial charge in [-0.05, 0) is 37.1 Å². The fourth-order valence-corrected chi connectivity index (χ4v) is 4.85. The molecule has 2 bridgehead atoms. The van der Waals surface area contributed by atoms with Crippen LogP contribution in [0.15, 0.2) is 36.4 Å². The van der Waals surface area contributed by atoms with Gasteiger partial charge in [0.25, 0.3) is 5.91 Å². The van der Waals surface area contributed by atoms with Crippen molar-refractivity contribution in [1.29, 1.82) is 0 Å². The van der Waals surface area contributed by atoms with E-state index in [4.69, 9.17) is 4.74 Å². The molecule has 1 amide bonds. The van der Waals surface area contributed by atoms with E-state index in [0.717, 1.165) is 19.1 Å². The number of esters is 1. The number of piperidine rings is 2. The second kappa shape index (κ2) is 8.21. The van der Waals surface area contributed by atoms with Crippen molar-refractivity contribution in [3.63, 3.8) is 0 Å². The minimum atomic E-state index is -2.10. The average molecular weight is 477 g/mol. The third kappa shape index (κ3) is 4.08. The van der Waals surface area contributed by atoms with E-state index in [0.29, 0.717) is 6.07 Å². The number of carbonyl (C=O) groups excluding carboxylic acids is 3. The number of ether oxygens (including phenoxy) is 1. The number of hydrogen-bond donors (Lipinski definition) is 0. The summed E-state index contributed by atoms with van der Waals surface area (Å²) in [6.07, 6.45) is -0.689. The molecular weight excluding hydrogens is 454 g/mol. The van der Waals surface area contributed by atoms with Gasteiger partial charge in [0.15, 0.2) is 17.1 Å². The molecule has 34 heavy (non-hydrogen) atoms. The minimum Gasteiger partial charge on any atom is -0.450 e. The van der Waals surface area contributed by atoms with Crippen molar-refractivity contribution >= 4 is 17.7 Å². The first-order chi connectivity index (χ1) is 15.8. The number of benzene rings is 2. The molecule has 2 aliphatic heterocycles. The van der Waals surface area contributed by atoms with Crippen LogP contribution in [0.5, 0.6) is 0 Å². The lowest BCUT2D eigenvalue weighted by Gasteiger charge is -2.56. The zero-order chi connectivity index (χ0) is 25.0. The predicted molar refractivity (Wildman–Crippen MR) is 114 cm³/mol. The van der Waals surface area contributed by atoms with Crippen molar-refractivity contribution in [2.24, 2.45) is 0 Å². The van der Waals surface area contributed by atoms with Gasteiger partial charge in [-0.2, -0.15) is 0 Å². The summed E-state index contributed by atoms with van der Waals surface area (Å²) in [5.74, 6) is -4.83. The number of rotatable bonds is 5. The summed E-state index contributed by atoms with van der Waals surface area (Å²) in [5, 5.41) is 0. The van der Waals surface area contributed by atoms with Gasteiger partial charge in [0.2, 0.25) is 0 Å². The number of Topliss-reactive ketones (excluding diaryl/α,β-unsaturated/α-hetero) is 1. The maximum absolute atomic E-state index is 15.4. The van der Waals surface area contributed by atoms with Crippen molar-refractivity contribution < 1.29 is 36.7 Å². The van der Waals surface area contributed by atoms with Crippen LogP contribution in [0.1, 0.15) is 39.2 Å². The first-order valence-electron chi connectivity index (χ1n) is 10.8. The van der Waals surface area contributed by atoms with Crippen LogP contribution < -0.4 is 0 Å². The summed E-state index contributed by atoms with van der Waals surface area (Å²) >= 11 is 0. The number of amides is 1. The third-order valence-corrected chi connectivity index (χ3v) is 6.41. The van der Waals surface area contributed by atoms with Gasteiger partial charge in [0, 0.05) is 43.9 Å². The van der Waals surface area contributed by atoms with Crippen LogP contribution in [-0.2, 0) is 25.5 Å². The smallest absolute Gasteiger partial charge is 0.303 e. The van der Waals surface area contributed by atoms with E-state index >= 15 is 8.78 Å². The van der Waals surface area contributed by atoms with Crippen molar-refractivity contribution in [3.05, 3.63) is 59.4 Å². The molecule has 9 heteroatoms. The maximum atomic E-state index is 15.4. The molecule has 1 atom stereocenters. The Morgan fingerprint density at radius 1 is 1.12 bits per heavy atom. The van der Waals surface area contributed by atoms with E-state index in [1.54, 1.807) is 0 Å². The number of alkyl halides is 1. The van der Waals surface area contributed by atoms with E-state index in [9.17, 15) is 23.2 Å². The Kier molecular flexibility index (Phi) is 5.78. The summed E-state index contributed by atoms with van der Waals surface area (Å²) in [7, 11) is 0. The van der Waals surface area contributed by atoms with Crippen molar-refractivity contribution in [2.75, 3.05) is 0 Å². The zero-order valence-corrected chi connectivity index (χ0v) is 18.8. The predicted octanol–water partition coefficient (Wildman–Crippen LogP) is 4.31. The summed E-state index contributed by atoms with van der Waals surface area (Å²) in [6, 6.07) is 4.83. The second-order valence-electron chi connectivity index (χ2n) is 9.36. The van der Waals surface area contributed by atoms with Gasteiger partial charge >= 0.3 is 5.97 Å². The lowest BCUT2D eigenvalue weighted by molar-refractivity contribution is -0.188. The molecule has 1 unspecified atom stereocenters. The molecule has 1 aliphatic carbocycles. The largest absolute Gasteiger partial charge is 0.450 e. The highest BCUT2D eigenvalue weighted by Gasteiger charge is 2.64. The van der Waals surface area contributed by atoms with Gasteiger partial charge in [-0.15, -0.1) is 0 Å². The quantitative estimate of drug-likeness (QED) is 0.476. The Balaban J connectivity index is 1.70. The Bertz CT molecular complexity index is 1170. The van der Waals surface area contributed by atoms with E-state index < -0.39 is 58.5 Å². The number of carbonyl (C=O) groups is 3.